The van der Waals surface area contributed by atoms with Crippen molar-refractivity contribution in [3.05, 3.63) is 64.9 Å². The Morgan fingerprint density at radius 2 is 2.05 bits per heavy atom. The standard InChI is InChI=1S/C16H14ClFN2O2/c1-11(16(21)20-15-7-5-13(17)6-8-15)22-19-10-12-3-2-4-14(18)9-12/h2-11H,1H3,(H,20,21)/b19-10-/t11-/m0/s1. The first kappa shape index (κ1) is 16.0. The van der Waals surface area contributed by atoms with E-state index in [1.54, 1.807) is 43.3 Å². The van der Waals surface area contributed by atoms with E-state index in [-0.39, 0.29) is 11.7 Å². The van der Waals surface area contributed by atoms with Gasteiger partial charge in [0.1, 0.15) is 5.82 Å². The minimum absolute atomic E-state index is 0.348. The number of carbonyl (C=O) groups excluding carboxylic acids is 1. The molecule has 6 heteroatoms. The van der Waals surface area contributed by atoms with Crippen LogP contribution in [0, 0.1) is 5.82 Å². The summed E-state index contributed by atoms with van der Waals surface area (Å²) in [4.78, 5) is 16.9. The summed E-state index contributed by atoms with van der Waals surface area (Å²) in [5.41, 5.74) is 1.16. The number of oxime groups is 1. The van der Waals surface area contributed by atoms with E-state index in [0.717, 1.165) is 0 Å². The Hall–Kier alpha value is -2.40. The molecular weight excluding hydrogens is 307 g/mol. The highest BCUT2D eigenvalue weighted by Gasteiger charge is 2.14. The zero-order valence-corrected chi connectivity index (χ0v) is 12.5. The SMILES string of the molecule is C[C@H](O/N=C\c1cccc(F)c1)C(=O)Nc1ccc(Cl)cc1. The molecule has 0 spiro atoms. The van der Waals surface area contributed by atoms with E-state index in [9.17, 15) is 9.18 Å². The summed E-state index contributed by atoms with van der Waals surface area (Å²) in [6.45, 7) is 1.56. The number of hydrogen-bond acceptors (Lipinski definition) is 3. The van der Waals surface area contributed by atoms with Crippen LogP contribution < -0.4 is 5.32 Å². The summed E-state index contributed by atoms with van der Waals surface area (Å²) in [6.07, 6.45) is 0.551. The van der Waals surface area contributed by atoms with Crippen LogP contribution in [0.4, 0.5) is 10.1 Å². The molecule has 0 saturated heterocycles. The first-order valence-corrected chi connectivity index (χ1v) is 6.93. The van der Waals surface area contributed by atoms with Crippen LogP contribution in [0.15, 0.2) is 53.7 Å². The Labute approximate surface area is 132 Å². The van der Waals surface area contributed by atoms with Gasteiger partial charge in [-0.05, 0) is 48.9 Å². The number of hydrogen-bond donors (Lipinski definition) is 1. The van der Waals surface area contributed by atoms with Crippen LogP contribution >= 0.6 is 11.6 Å². The van der Waals surface area contributed by atoms with Crippen LogP contribution in [0.5, 0.6) is 0 Å². The van der Waals surface area contributed by atoms with E-state index >= 15 is 0 Å². The molecule has 1 N–H and O–H groups in total. The number of halogens is 2. The molecule has 2 aromatic rings. The van der Waals surface area contributed by atoms with Gasteiger partial charge in [-0.1, -0.05) is 28.9 Å². The number of nitrogens with zero attached hydrogens (tertiary/aromatic N) is 1. The van der Waals surface area contributed by atoms with Gasteiger partial charge in [-0.15, -0.1) is 0 Å². The number of carbonyl (C=O) groups is 1. The van der Waals surface area contributed by atoms with Crippen molar-refractivity contribution >= 4 is 29.4 Å². The van der Waals surface area contributed by atoms with Crippen LogP contribution in [0.2, 0.25) is 5.02 Å². The molecule has 0 radical (unpaired) electrons. The quantitative estimate of drug-likeness (QED) is 0.672. The zero-order chi connectivity index (χ0) is 15.9. The normalized spacial score (nSPS) is 12.1. The third-order valence-electron chi connectivity index (χ3n) is 2.75. The number of anilines is 1. The summed E-state index contributed by atoms with van der Waals surface area (Å²) in [5, 5.41) is 6.94. The Bertz CT molecular complexity index is 674. The van der Waals surface area contributed by atoms with Gasteiger partial charge >= 0.3 is 0 Å². The maximum atomic E-state index is 13.0. The van der Waals surface area contributed by atoms with Crippen molar-refractivity contribution in [2.75, 3.05) is 5.32 Å². The van der Waals surface area contributed by atoms with Gasteiger partial charge in [0.05, 0.1) is 6.21 Å². The van der Waals surface area contributed by atoms with Crippen LogP contribution in [-0.4, -0.2) is 18.2 Å². The van der Waals surface area contributed by atoms with E-state index in [0.29, 0.717) is 16.3 Å². The molecule has 0 bridgehead atoms. The number of benzene rings is 2. The maximum absolute atomic E-state index is 13.0. The predicted molar refractivity (Wildman–Crippen MR) is 84.6 cm³/mol. The molecule has 0 fully saturated rings. The van der Waals surface area contributed by atoms with Gasteiger partial charge in [-0.2, -0.15) is 0 Å². The lowest BCUT2D eigenvalue weighted by Crippen LogP contribution is -2.26. The molecule has 1 amide bonds. The van der Waals surface area contributed by atoms with E-state index in [1.807, 2.05) is 0 Å². The maximum Gasteiger partial charge on any atom is 0.267 e. The van der Waals surface area contributed by atoms with Crippen molar-refractivity contribution in [1.82, 2.24) is 0 Å². The highest BCUT2D eigenvalue weighted by molar-refractivity contribution is 6.30. The highest BCUT2D eigenvalue weighted by atomic mass is 35.5. The first-order valence-electron chi connectivity index (χ1n) is 6.56. The molecule has 4 nitrogen and oxygen atoms in total. The molecule has 0 aromatic heterocycles. The van der Waals surface area contributed by atoms with Crippen LogP contribution in [0.1, 0.15) is 12.5 Å². The lowest BCUT2D eigenvalue weighted by atomic mass is 10.2. The van der Waals surface area contributed by atoms with Gasteiger partial charge in [0, 0.05) is 10.7 Å². The summed E-state index contributed by atoms with van der Waals surface area (Å²) in [5.74, 6) is -0.712. The van der Waals surface area contributed by atoms with Crippen molar-refractivity contribution < 1.29 is 14.0 Å². The first-order chi connectivity index (χ1) is 10.5. The van der Waals surface area contributed by atoms with Gasteiger partial charge < -0.3 is 10.2 Å². The van der Waals surface area contributed by atoms with Gasteiger partial charge in [-0.3, -0.25) is 4.79 Å². The summed E-state index contributed by atoms with van der Waals surface area (Å²) in [7, 11) is 0. The average Bonchev–Trinajstić information content (AvgIpc) is 2.49. The minimum Gasteiger partial charge on any atom is -0.383 e. The Balaban J connectivity index is 1.87. The second-order valence-corrected chi connectivity index (χ2v) is 4.97. The third kappa shape index (κ3) is 4.86. The van der Waals surface area contributed by atoms with Crippen LogP contribution in [-0.2, 0) is 9.63 Å². The van der Waals surface area contributed by atoms with Gasteiger partial charge in [0.15, 0.2) is 0 Å². The molecule has 0 saturated carbocycles. The topological polar surface area (TPSA) is 50.7 Å². The Morgan fingerprint density at radius 1 is 1.32 bits per heavy atom. The molecular formula is C16H14ClFN2O2. The van der Waals surface area contributed by atoms with E-state index in [1.165, 1.54) is 18.3 Å². The van der Waals surface area contributed by atoms with Crippen molar-refractivity contribution in [2.24, 2.45) is 5.16 Å². The summed E-state index contributed by atoms with van der Waals surface area (Å²) >= 11 is 5.77. The molecule has 0 heterocycles. The lowest BCUT2D eigenvalue weighted by molar-refractivity contribution is -0.126. The molecule has 22 heavy (non-hydrogen) atoms. The predicted octanol–water partition coefficient (Wildman–Crippen LogP) is 3.86. The molecule has 0 aliphatic heterocycles. The fourth-order valence-corrected chi connectivity index (χ4v) is 1.72. The van der Waals surface area contributed by atoms with E-state index in [2.05, 4.69) is 10.5 Å². The van der Waals surface area contributed by atoms with Gasteiger partial charge in [-0.25, -0.2) is 4.39 Å². The second-order valence-electron chi connectivity index (χ2n) is 4.53. The van der Waals surface area contributed by atoms with Crippen molar-refractivity contribution in [3.8, 4) is 0 Å². The molecule has 1 atom stereocenters. The number of amides is 1. The summed E-state index contributed by atoms with van der Waals surface area (Å²) in [6, 6.07) is 12.6. The van der Waals surface area contributed by atoms with Crippen LogP contribution in [0.25, 0.3) is 0 Å². The number of rotatable bonds is 5. The van der Waals surface area contributed by atoms with Crippen molar-refractivity contribution in [2.45, 2.75) is 13.0 Å². The fraction of sp³-hybridized carbons (Fsp3) is 0.125. The molecule has 2 aromatic carbocycles. The molecule has 0 aliphatic carbocycles. The van der Waals surface area contributed by atoms with Gasteiger partial charge in [0.2, 0.25) is 6.10 Å². The Kier molecular flexibility index (Phi) is 5.49. The monoisotopic (exact) mass is 320 g/mol. The number of nitrogens with one attached hydrogen (secondary N) is 1. The minimum atomic E-state index is -0.791. The zero-order valence-electron chi connectivity index (χ0n) is 11.8. The largest absolute Gasteiger partial charge is 0.383 e. The van der Waals surface area contributed by atoms with E-state index in [4.69, 9.17) is 16.4 Å². The molecule has 0 aliphatic rings. The third-order valence-corrected chi connectivity index (χ3v) is 3.00. The van der Waals surface area contributed by atoms with Crippen molar-refractivity contribution in [1.29, 1.82) is 0 Å². The van der Waals surface area contributed by atoms with E-state index < -0.39 is 6.10 Å². The highest BCUT2D eigenvalue weighted by Crippen LogP contribution is 2.13. The fourth-order valence-electron chi connectivity index (χ4n) is 1.59. The molecule has 114 valence electrons. The van der Waals surface area contributed by atoms with Crippen LogP contribution in [0.3, 0.4) is 0 Å². The second kappa shape index (κ2) is 7.56. The van der Waals surface area contributed by atoms with Crippen molar-refractivity contribution in [3.63, 3.8) is 0 Å². The molecule has 0 unspecified atom stereocenters. The Morgan fingerprint density at radius 3 is 2.73 bits per heavy atom. The van der Waals surface area contributed by atoms with Gasteiger partial charge in [0.25, 0.3) is 5.91 Å². The molecule has 2 rings (SSSR count). The summed E-state index contributed by atoms with van der Waals surface area (Å²) < 4.78 is 13.0. The smallest absolute Gasteiger partial charge is 0.267 e. The average molecular weight is 321 g/mol. The lowest BCUT2D eigenvalue weighted by Gasteiger charge is -2.10.